The van der Waals surface area contributed by atoms with E-state index in [1.54, 1.807) is 30.1 Å². The average Bonchev–Trinajstić information content (AvgIpc) is 3.18. The molecule has 2 atom stereocenters. The van der Waals surface area contributed by atoms with Crippen LogP contribution in [0.5, 0.6) is 5.75 Å². The molecule has 2 amide bonds. The van der Waals surface area contributed by atoms with Gasteiger partial charge in [0.15, 0.2) is 0 Å². The summed E-state index contributed by atoms with van der Waals surface area (Å²) >= 11 is 0. The SMILES string of the molecule is CN1[C@@H](CCC(=O)NS(=O)(=O)c2ccccc2)C(=O)N(CCc2ccc(OC(F)(F)F)cc2)[C@@H]1c1ccc(C(C)(C)C)cc1. The minimum absolute atomic E-state index is 0.0367. The van der Waals surface area contributed by atoms with Crippen molar-refractivity contribution in [2.75, 3.05) is 13.6 Å². The van der Waals surface area contributed by atoms with Crippen LogP contribution in [-0.4, -0.2) is 56.0 Å². The molecule has 1 aliphatic rings. The highest BCUT2D eigenvalue weighted by molar-refractivity contribution is 7.90. The van der Waals surface area contributed by atoms with E-state index < -0.39 is 34.5 Å². The Kier molecular flexibility index (Phi) is 9.74. The van der Waals surface area contributed by atoms with Gasteiger partial charge in [0, 0.05) is 13.0 Å². The lowest BCUT2D eigenvalue weighted by atomic mass is 9.86. The molecule has 0 aliphatic carbocycles. The van der Waals surface area contributed by atoms with Gasteiger partial charge in [0.1, 0.15) is 11.9 Å². The lowest BCUT2D eigenvalue weighted by molar-refractivity contribution is -0.274. The monoisotopic (exact) mass is 631 g/mol. The first-order valence-electron chi connectivity index (χ1n) is 14.1. The van der Waals surface area contributed by atoms with Crippen molar-refractivity contribution in [2.45, 2.75) is 68.9 Å². The molecule has 1 heterocycles. The van der Waals surface area contributed by atoms with Crippen molar-refractivity contribution in [1.82, 2.24) is 14.5 Å². The highest BCUT2D eigenvalue weighted by Crippen LogP contribution is 2.36. The number of nitrogens with one attached hydrogen (secondary N) is 1. The third-order valence-electron chi connectivity index (χ3n) is 7.56. The van der Waals surface area contributed by atoms with Crippen LogP contribution in [0.4, 0.5) is 13.2 Å². The molecule has 1 aliphatic heterocycles. The quantitative estimate of drug-likeness (QED) is 0.315. The summed E-state index contributed by atoms with van der Waals surface area (Å²) in [6.45, 7) is 6.57. The number of benzene rings is 3. The smallest absolute Gasteiger partial charge is 0.406 e. The van der Waals surface area contributed by atoms with E-state index in [9.17, 15) is 31.2 Å². The molecule has 44 heavy (non-hydrogen) atoms. The van der Waals surface area contributed by atoms with Gasteiger partial charge in [-0.15, -0.1) is 13.2 Å². The molecule has 8 nitrogen and oxygen atoms in total. The van der Waals surface area contributed by atoms with Crippen LogP contribution in [0.2, 0.25) is 0 Å². The normalized spacial score (nSPS) is 18.0. The summed E-state index contributed by atoms with van der Waals surface area (Å²) in [6.07, 6.45) is -5.00. The minimum Gasteiger partial charge on any atom is -0.406 e. The van der Waals surface area contributed by atoms with E-state index in [1.165, 1.54) is 36.4 Å². The van der Waals surface area contributed by atoms with Crippen LogP contribution in [-0.2, 0) is 31.4 Å². The van der Waals surface area contributed by atoms with Gasteiger partial charge in [-0.2, -0.15) is 0 Å². The summed E-state index contributed by atoms with van der Waals surface area (Å²) in [5, 5.41) is 0. The molecule has 4 rings (SSSR count). The number of halogens is 3. The second kappa shape index (κ2) is 13.0. The molecule has 1 saturated heterocycles. The Labute approximate surface area is 255 Å². The molecule has 0 bridgehead atoms. The molecule has 12 heteroatoms. The lowest BCUT2D eigenvalue weighted by Crippen LogP contribution is -2.35. The number of hydrogen-bond acceptors (Lipinski definition) is 6. The average molecular weight is 632 g/mol. The highest BCUT2D eigenvalue weighted by atomic mass is 32.2. The summed E-state index contributed by atoms with van der Waals surface area (Å²) in [6, 6.07) is 20.3. The fourth-order valence-corrected chi connectivity index (χ4v) is 6.28. The van der Waals surface area contributed by atoms with E-state index in [0.29, 0.717) is 12.0 Å². The van der Waals surface area contributed by atoms with Crippen molar-refractivity contribution in [3.8, 4) is 5.75 Å². The summed E-state index contributed by atoms with van der Waals surface area (Å²) in [5.74, 6) is -1.28. The van der Waals surface area contributed by atoms with Crippen LogP contribution in [0.25, 0.3) is 0 Å². The maximum Gasteiger partial charge on any atom is 0.573 e. The summed E-state index contributed by atoms with van der Waals surface area (Å²) in [5.41, 5.74) is 2.62. The van der Waals surface area contributed by atoms with Crippen molar-refractivity contribution in [3.63, 3.8) is 0 Å². The molecule has 0 saturated carbocycles. The maximum atomic E-state index is 13.8. The molecule has 0 unspecified atom stereocenters. The molecule has 236 valence electrons. The van der Waals surface area contributed by atoms with E-state index in [-0.39, 0.29) is 41.4 Å². The van der Waals surface area contributed by atoms with E-state index >= 15 is 0 Å². The summed E-state index contributed by atoms with van der Waals surface area (Å²) in [7, 11) is -2.26. The van der Waals surface area contributed by atoms with Crippen LogP contribution in [0.3, 0.4) is 0 Å². The third-order valence-corrected chi connectivity index (χ3v) is 8.95. The predicted octanol–water partition coefficient (Wildman–Crippen LogP) is 5.55. The molecule has 3 aromatic rings. The van der Waals surface area contributed by atoms with Gasteiger partial charge >= 0.3 is 6.36 Å². The van der Waals surface area contributed by atoms with Crippen molar-refractivity contribution in [1.29, 1.82) is 0 Å². The topological polar surface area (TPSA) is 96.0 Å². The van der Waals surface area contributed by atoms with Crippen molar-refractivity contribution >= 4 is 21.8 Å². The molecule has 0 spiro atoms. The van der Waals surface area contributed by atoms with Gasteiger partial charge < -0.3 is 9.64 Å². The first-order chi connectivity index (χ1) is 20.5. The molecule has 3 aromatic carbocycles. The second-order valence-corrected chi connectivity index (χ2v) is 13.5. The Bertz CT molecular complexity index is 1560. The number of ether oxygens (including phenoxy) is 1. The Morgan fingerprint density at radius 2 is 1.55 bits per heavy atom. The minimum atomic E-state index is -4.79. The van der Waals surface area contributed by atoms with Crippen LogP contribution < -0.4 is 9.46 Å². The number of hydrogen-bond donors (Lipinski definition) is 1. The van der Waals surface area contributed by atoms with Crippen LogP contribution in [0.1, 0.15) is 56.5 Å². The molecular weight excluding hydrogens is 595 g/mol. The molecule has 0 aromatic heterocycles. The van der Waals surface area contributed by atoms with E-state index in [1.807, 2.05) is 29.2 Å². The van der Waals surface area contributed by atoms with Crippen LogP contribution >= 0.6 is 0 Å². The summed E-state index contributed by atoms with van der Waals surface area (Å²) in [4.78, 5) is 30.0. The Balaban J connectivity index is 1.51. The van der Waals surface area contributed by atoms with Gasteiger partial charge in [0.2, 0.25) is 11.8 Å². The van der Waals surface area contributed by atoms with E-state index in [0.717, 1.165) is 11.1 Å². The molecule has 1 fully saturated rings. The van der Waals surface area contributed by atoms with Gasteiger partial charge in [-0.3, -0.25) is 14.5 Å². The van der Waals surface area contributed by atoms with Crippen molar-refractivity contribution in [2.24, 2.45) is 0 Å². The largest absolute Gasteiger partial charge is 0.573 e. The van der Waals surface area contributed by atoms with Gasteiger partial charge in [-0.1, -0.05) is 75.4 Å². The zero-order valence-electron chi connectivity index (χ0n) is 25.0. The number of nitrogens with zero attached hydrogens (tertiary/aromatic N) is 2. The zero-order chi connectivity index (χ0) is 32.3. The third kappa shape index (κ3) is 8.17. The van der Waals surface area contributed by atoms with E-state index in [4.69, 9.17) is 0 Å². The number of amides is 2. The number of carbonyl (C=O) groups is 2. The first kappa shape index (κ1) is 33.0. The summed E-state index contributed by atoms with van der Waals surface area (Å²) < 4.78 is 68.8. The first-order valence-corrected chi connectivity index (χ1v) is 15.6. The fourth-order valence-electron chi connectivity index (χ4n) is 5.24. The molecule has 1 N–H and O–H groups in total. The fraction of sp³-hybridized carbons (Fsp3) is 0.375. The lowest BCUT2D eigenvalue weighted by Gasteiger charge is -2.30. The Hall–Kier alpha value is -3.90. The predicted molar refractivity (Wildman–Crippen MR) is 159 cm³/mol. The second-order valence-electron chi connectivity index (χ2n) is 11.8. The number of likely N-dealkylation sites (N-methyl/N-ethyl adjacent to an activating group) is 1. The van der Waals surface area contributed by atoms with Gasteiger partial charge in [0.05, 0.1) is 10.9 Å². The number of sulfonamides is 1. The zero-order valence-corrected chi connectivity index (χ0v) is 25.8. The Morgan fingerprint density at radius 1 is 0.932 bits per heavy atom. The van der Waals surface area contributed by atoms with Crippen LogP contribution in [0.15, 0.2) is 83.8 Å². The van der Waals surface area contributed by atoms with Gasteiger partial charge in [-0.05, 0) is 66.3 Å². The molecule has 0 radical (unpaired) electrons. The number of alkyl halides is 3. The Morgan fingerprint density at radius 3 is 2.11 bits per heavy atom. The van der Waals surface area contributed by atoms with Crippen molar-refractivity contribution in [3.05, 3.63) is 95.6 Å². The highest BCUT2D eigenvalue weighted by Gasteiger charge is 2.44. The van der Waals surface area contributed by atoms with E-state index in [2.05, 4.69) is 30.2 Å². The number of carbonyl (C=O) groups excluding carboxylic acids is 2. The molecular formula is C32H36F3N3O5S. The van der Waals surface area contributed by atoms with Gasteiger partial charge in [0.25, 0.3) is 10.0 Å². The van der Waals surface area contributed by atoms with Gasteiger partial charge in [-0.25, -0.2) is 13.1 Å². The number of rotatable bonds is 10. The van der Waals surface area contributed by atoms with Crippen LogP contribution in [0, 0.1) is 0 Å². The van der Waals surface area contributed by atoms with Crippen molar-refractivity contribution < 1.29 is 35.9 Å². The standard InChI is InChI=1S/C32H36F3N3O5S/c1-31(2,3)24-14-12-23(13-15-24)29-37(4)27(18-19-28(39)36-44(41,42)26-8-6-5-7-9-26)30(40)38(29)21-20-22-10-16-25(17-11-22)43-32(33,34)35/h5-17,27,29H,18-21H2,1-4H3,(H,36,39)/t27-,29+/m0/s1. The maximum absolute atomic E-state index is 13.8.